The maximum atomic E-state index is 11.1. The van der Waals surface area contributed by atoms with Crippen molar-refractivity contribution in [3.05, 3.63) is 0 Å². The molecule has 1 rings (SSSR count). The molecule has 1 aliphatic heterocycles. The van der Waals surface area contributed by atoms with E-state index in [0.717, 1.165) is 0 Å². The van der Waals surface area contributed by atoms with Gasteiger partial charge >= 0.3 is 0 Å². The number of hydrogen-bond donors (Lipinski definition) is 1. The smallest absolute Gasteiger partial charge is 0.177 e. The largest absolute Gasteiger partial charge is 0.372 e. The third kappa shape index (κ3) is 2.60. The fourth-order valence-corrected chi connectivity index (χ4v) is 1.12. The van der Waals surface area contributed by atoms with E-state index in [1.54, 1.807) is 0 Å². The molecule has 0 aromatic rings. The summed E-state index contributed by atoms with van der Waals surface area (Å²) < 4.78 is 5.00. The van der Waals surface area contributed by atoms with Crippen LogP contribution in [0.25, 0.3) is 0 Å². The van der Waals surface area contributed by atoms with E-state index in [1.807, 2.05) is 20.8 Å². The van der Waals surface area contributed by atoms with Gasteiger partial charge in [-0.15, -0.1) is 0 Å². The van der Waals surface area contributed by atoms with Crippen LogP contribution >= 0.6 is 0 Å². The van der Waals surface area contributed by atoms with Crippen molar-refractivity contribution < 1.29 is 9.53 Å². The third-order valence-electron chi connectivity index (χ3n) is 1.52. The summed E-state index contributed by atoms with van der Waals surface area (Å²) in [7, 11) is 0. The highest BCUT2D eigenvalue weighted by Gasteiger charge is 2.28. The minimum absolute atomic E-state index is 0.00593. The van der Waals surface area contributed by atoms with Gasteiger partial charge in [-0.2, -0.15) is 0 Å². The summed E-state index contributed by atoms with van der Waals surface area (Å²) in [6, 6.07) is -0.0880. The summed E-state index contributed by atoms with van der Waals surface area (Å²) in [6.07, 6.45) is 0. The van der Waals surface area contributed by atoms with Crippen molar-refractivity contribution >= 4 is 5.78 Å². The van der Waals surface area contributed by atoms with Gasteiger partial charge in [0.15, 0.2) is 5.78 Å². The highest BCUT2D eigenvalue weighted by atomic mass is 16.5. The predicted molar refractivity (Wildman–Crippen MR) is 42.5 cm³/mol. The first-order valence-corrected chi connectivity index (χ1v) is 3.87. The topological polar surface area (TPSA) is 38.3 Å². The molecule has 1 saturated heterocycles. The van der Waals surface area contributed by atoms with Crippen LogP contribution in [0.1, 0.15) is 20.8 Å². The molecule has 0 aromatic carbocycles. The first kappa shape index (κ1) is 8.68. The van der Waals surface area contributed by atoms with Gasteiger partial charge in [0.05, 0.1) is 12.6 Å². The fraction of sp³-hybridized carbons (Fsp3) is 0.875. The maximum Gasteiger partial charge on any atom is 0.177 e. The number of ether oxygens (including phenoxy) is 1. The van der Waals surface area contributed by atoms with Gasteiger partial charge in [-0.1, -0.05) is 0 Å². The Morgan fingerprint density at radius 2 is 2.18 bits per heavy atom. The van der Waals surface area contributed by atoms with Crippen LogP contribution in [0.15, 0.2) is 0 Å². The van der Waals surface area contributed by atoms with Crippen LogP contribution in [0.3, 0.4) is 0 Å². The van der Waals surface area contributed by atoms with Crippen molar-refractivity contribution in [1.29, 1.82) is 0 Å². The number of rotatable bonds is 1. The van der Waals surface area contributed by atoms with Crippen molar-refractivity contribution in [3.8, 4) is 0 Å². The highest BCUT2D eigenvalue weighted by molar-refractivity contribution is 5.86. The number of hydrogen-bond acceptors (Lipinski definition) is 3. The minimum atomic E-state index is -0.0880. The SMILES string of the molecule is CC(C)(C)NC1COCC1=O. The molecule has 11 heavy (non-hydrogen) atoms. The number of ketones is 1. The third-order valence-corrected chi connectivity index (χ3v) is 1.52. The second kappa shape index (κ2) is 2.91. The van der Waals surface area contributed by atoms with Gasteiger partial charge in [0.25, 0.3) is 0 Å². The van der Waals surface area contributed by atoms with Crippen molar-refractivity contribution in [2.45, 2.75) is 32.4 Å². The molecule has 0 aromatic heterocycles. The summed E-state index contributed by atoms with van der Waals surface area (Å²) in [5, 5.41) is 3.19. The first-order chi connectivity index (χ1) is 4.99. The van der Waals surface area contributed by atoms with Crippen LogP contribution in [0.2, 0.25) is 0 Å². The molecular weight excluding hydrogens is 142 g/mol. The lowest BCUT2D eigenvalue weighted by molar-refractivity contribution is -0.119. The van der Waals surface area contributed by atoms with Crippen molar-refractivity contribution in [3.63, 3.8) is 0 Å². The maximum absolute atomic E-state index is 11.1. The molecule has 1 atom stereocenters. The second-order valence-corrected chi connectivity index (χ2v) is 3.93. The number of Topliss-reactive ketones (excluding diaryl/α,β-unsaturated/α-hetero) is 1. The van der Waals surface area contributed by atoms with Crippen LogP contribution in [0.4, 0.5) is 0 Å². The summed E-state index contributed by atoms with van der Waals surface area (Å²) in [6.45, 7) is 6.92. The highest BCUT2D eigenvalue weighted by Crippen LogP contribution is 2.06. The van der Waals surface area contributed by atoms with E-state index in [4.69, 9.17) is 4.74 Å². The Hall–Kier alpha value is -0.410. The molecule has 1 N–H and O–H groups in total. The van der Waals surface area contributed by atoms with Gasteiger partial charge in [-0.25, -0.2) is 0 Å². The fourth-order valence-electron chi connectivity index (χ4n) is 1.12. The van der Waals surface area contributed by atoms with Crippen molar-refractivity contribution in [2.24, 2.45) is 0 Å². The van der Waals surface area contributed by atoms with E-state index in [0.29, 0.717) is 6.61 Å². The van der Waals surface area contributed by atoms with Crippen LogP contribution in [-0.2, 0) is 9.53 Å². The average Bonchev–Trinajstić information content (AvgIpc) is 2.12. The number of carbonyl (C=O) groups excluding carboxylic acids is 1. The molecule has 0 bridgehead atoms. The molecule has 64 valence electrons. The molecule has 3 nitrogen and oxygen atoms in total. The molecule has 0 aliphatic carbocycles. The first-order valence-electron chi connectivity index (χ1n) is 3.87. The summed E-state index contributed by atoms with van der Waals surface area (Å²) in [4.78, 5) is 11.1. The van der Waals surface area contributed by atoms with Crippen LogP contribution in [0.5, 0.6) is 0 Å². The monoisotopic (exact) mass is 157 g/mol. The predicted octanol–water partition coefficient (Wildman–Crippen LogP) is 0.342. The number of nitrogens with one attached hydrogen (secondary N) is 1. The molecule has 0 saturated carbocycles. The quantitative estimate of drug-likeness (QED) is 0.596. The molecule has 1 aliphatic rings. The van der Waals surface area contributed by atoms with E-state index in [2.05, 4.69) is 5.32 Å². The Morgan fingerprint density at radius 1 is 1.55 bits per heavy atom. The molecule has 1 fully saturated rings. The Bertz CT molecular complexity index is 160. The van der Waals surface area contributed by atoms with E-state index < -0.39 is 0 Å². The van der Waals surface area contributed by atoms with E-state index in [9.17, 15) is 4.79 Å². The second-order valence-electron chi connectivity index (χ2n) is 3.93. The van der Waals surface area contributed by atoms with E-state index in [1.165, 1.54) is 0 Å². The zero-order valence-electron chi connectivity index (χ0n) is 7.31. The van der Waals surface area contributed by atoms with Gasteiger partial charge in [0.1, 0.15) is 6.61 Å². The summed E-state index contributed by atoms with van der Waals surface area (Å²) in [5.74, 6) is 0.167. The van der Waals surface area contributed by atoms with Gasteiger partial charge in [0, 0.05) is 5.54 Å². The van der Waals surface area contributed by atoms with E-state index in [-0.39, 0.29) is 24.0 Å². The van der Waals surface area contributed by atoms with Gasteiger partial charge in [0.2, 0.25) is 0 Å². The molecule has 0 radical (unpaired) electrons. The molecule has 1 heterocycles. The zero-order valence-corrected chi connectivity index (χ0v) is 7.31. The van der Waals surface area contributed by atoms with Crippen LogP contribution < -0.4 is 5.32 Å². The molecule has 0 amide bonds. The Labute approximate surface area is 67.1 Å². The standard InChI is InChI=1S/C8H15NO2/c1-8(2,3)9-6-4-11-5-7(6)10/h6,9H,4-5H2,1-3H3. The lowest BCUT2D eigenvalue weighted by Crippen LogP contribution is -2.47. The van der Waals surface area contributed by atoms with Gasteiger partial charge < -0.3 is 10.1 Å². The van der Waals surface area contributed by atoms with E-state index >= 15 is 0 Å². The van der Waals surface area contributed by atoms with Gasteiger partial charge in [-0.3, -0.25) is 4.79 Å². The Morgan fingerprint density at radius 3 is 2.55 bits per heavy atom. The Kier molecular flexibility index (Phi) is 2.30. The van der Waals surface area contributed by atoms with Crippen LogP contribution in [-0.4, -0.2) is 30.6 Å². The molecule has 0 spiro atoms. The summed E-state index contributed by atoms with van der Waals surface area (Å²) >= 11 is 0. The van der Waals surface area contributed by atoms with Crippen molar-refractivity contribution in [1.82, 2.24) is 5.32 Å². The molecule has 3 heteroatoms. The molecule has 1 unspecified atom stereocenters. The van der Waals surface area contributed by atoms with Crippen LogP contribution in [0, 0.1) is 0 Å². The lowest BCUT2D eigenvalue weighted by Gasteiger charge is -2.23. The molecular formula is C8H15NO2. The van der Waals surface area contributed by atoms with Gasteiger partial charge in [-0.05, 0) is 20.8 Å². The lowest BCUT2D eigenvalue weighted by atomic mass is 10.1. The average molecular weight is 157 g/mol. The Balaban J connectivity index is 2.43. The normalized spacial score (nSPS) is 26.1. The minimum Gasteiger partial charge on any atom is -0.372 e. The van der Waals surface area contributed by atoms with Crippen molar-refractivity contribution in [2.75, 3.05) is 13.2 Å². The summed E-state index contributed by atoms with van der Waals surface area (Å²) in [5.41, 5.74) is -0.00593. The zero-order chi connectivity index (χ0) is 8.48. The number of carbonyl (C=O) groups is 1.